The maximum Gasteiger partial charge on any atom is 0.123 e. The summed E-state index contributed by atoms with van der Waals surface area (Å²) in [5.41, 5.74) is 7.13. The van der Waals surface area contributed by atoms with Crippen LogP contribution in [0.2, 0.25) is 0 Å². The van der Waals surface area contributed by atoms with E-state index in [1.54, 1.807) is 6.07 Å². The Morgan fingerprint density at radius 2 is 2.14 bits per heavy atom. The van der Waals surface area contributed by atoms with Gasteiger partial charge in [0.05, 0.1) is 0 Å². The average molecular weight is 197 g/mol. The third-order valence-corrected chi connectivity index (χ3v) is 2.43. The van der Waals surface area contributed by atoms with Crippen LogP contribution in [0.1, 0.15) is 24.5 Å². The van der Waals surface area contributed by atoms with Crippen molar-refractivity contribution in [3.63, 3.8) is 0 Å². The molecule has 0 aliphatic heterocycles. The quantitative estimate of drug-likeness (QED) is 0.774. The van der Waals surface area contributed by atoms with Gasteiger partial charge in [-0.3, -0.25) is 0 Å². The highest BCUT2D eigenvalue weighted by atomic mass is 19.1. The summed E-state index contributed by atoms with van der Waals surface area (Å²) in [6.07, 6.45) is 0.472. The zero-order chi connectivity index (χ0) is 10.8. The maximum absolute atomic E-state index is 12.8. The SMILES string of the molecule is Cc1cc(F)ccc1[C@@](C)(N)CCO. The molecule has 0 aliphatic carbocycles. The van der Waals surface area contributed by atoms with E-state index in [4.69, 9.17) is 10.8 Å². The molecule has 1 aromatic rings. The number of nitrogens with two attached hydrogens (primary N) is 1. The van der Waals surface area contributed by atoms with Crippen LogP contribution in [-0.2, 0) is 5.54 Å². The fraction of sp³-hybridized carbons (Fsp3) is 0.455. The minimum atomic E-state index is -0.591. The molecule has 1 aromatic carbocycles. The smallest absolute Gasteiger partial charge is 0.123 e. The van der Waals surface area contributed by atoms with Crippen LogP contribution in [0.4, 0.5) is 4.39 Å². The number of benzene rings is 1. The van der Waals surface area contributed by atoms with Gasteiger partial charge in [-0.05, 0) is 43.5 Å². The molecule has 0 unspecified atom stereocenters. The molecule has 1 rings (SSSR count). The number of aliphatic hydroxyl groups excluding tert-OH is 1. The number of halogens is 1. The van der Waals surface area contributed by atoms with E-state index in [-0.39, 0.29) is 12.4 Å². The molecule has 0 aliphatic rings. The van der Waals surface area contributed by atoms with E-state index in [1.807, 2.05) is 13.8 Å². The van der Waals surface area contributed by atoms with Crippen molar-refractivity contribution in [1.29, 1.82) is 0 Å². The molecular formula is C11H16FNO. The summed E-state index contributed by atoms with van der Waals surface area (Å²) >= 11 is 0. The van der Waals surface area contributed by atoms with Crippen molar-refractivity contribution >= 4 is 0 Å². The second kappa shape index (κ2) is 4.07. The van der Waals surface area contributed by atoms with Crippen molar-refractivity contribution in [2.45, 2.75) is 25.8 Å². The van der Waals surface area contributed by atoms with Crippen LogP contribution >= 0.6 is 0 Å². The Bertz CT molecular complexity index is 323. The number of hydrogen-bond donors (Lipinski definition) is 2. The highest BCUT2D eigenvalue weighted by Gasteiger charge is 2.22. The largest absolute Gasteiger partial charge is 0.396 e. The molecule has 3 heteroatoms. The Morgan fingerprint density at radius 3 is 2.64 bits per heavy atom. The predicted molar refractivity (Wildman–Crippen MR) is 54.4 cm³/mol. The minimum absolute atomic E-state index is 0.0316. The first-order chi connectivity index (χ1) is 6.47. The van der Waals surface area contributed by atoms with Crippen LogP contribution in [0.3, 0.4) is 0 Å². The number of aryl methyl sites for hydroxylation is 1. The monoisotopic (exact) mass is 197 g/mol. The molecule has 0 saturated carbocycles. The lowest BCUT2D eigenvalue weighted by molar-refractivity contribution is 0.247. The van der Waals surface area contributed by atoms with Gasteiger partial charge in [-0.25, -0.2) is 4.39 Å². The van der Waals surface area contributed by atoms with Crippen molar-refractivity contribution in [2.24, 2.45) is 5.73 Å². The number of hydrogen-bond acceptors (Lipinski definition) is 2. The van der Waals surface area contributed by atoms with Crippen molar-refractivity contribution in [3.8, 4) is 0 Å². The van der Waals surface area contributed by atoms with Gasteiger partial charge in [0.15, 0.2) is 0 Å². The van der Waals surface area contributed by atoms with Crippen LogP contribution in [0, 0.1) is 12.7 Å². The Labute approximate surface area is 83.6 Å². The topological polar surface area (TPSA) is 46.2 Å². The fourth-order valence-electron chi connectivity index (χ4n) is 1.63. The average Bonchev–Trinajstić information content (AvgIpc) is 2.02. The second-order valence-corrected chi connectivity index (χ2v) is 3.85. The molecule has 0 bridgehead atoms. The summed E-state index contributed by atoms with van der Waals surface area (Å²) in [7, 11) is 0. The summed E-state index contributed by atoms with van der Waals surface area (Å²) in [4.78, 5) is 0. The maximum atomic E-state index is 12.8. The molecule has 0 spiro atoms. The van der Waals surface area contributed by atoms with Gasteiger partial charge in [-0.15, -0.1) is 0 Å². The van der Waals surface area contributed by atoms with Gasteiger partial charge in [0, 0.05) is 12.1 Å². The first kappa shape index (κ1) is 11.1. The highest BCUT2D eigenvalue weighted by molar-refractivity contribution is 5.32. The van der Waals surface area contributed by atoms with Crippen LogP contribution in [0.25, 0.3) is 0 Å². The summed E-state index contributed by atoms with van der Waals surface area (Å²) in [6.45, 7) is 3.69. The van der Waals surface area contributed by atoms with Crippen molar-refractivity contribution in [3.05, 3.63) is 35.1 Å². The van der Waals surface area contributed by atoms with Crippen LogP contribution in [-0.4, -0.2) is 11.7 Å². The normalized spacial score (nSPS) is 15.2. The predicted octanol–water partition coefficient (Wildman–Crippen LogP) is 1.69. The van der Waals surface area contributed by atoms with Gasteiger partial charge in [0.25, 0.3) is 0 Å². The lowest BCUT2D eigenvalue weighted by atomic mass is 9.87. The minimum Gasteiger partial charge on any atom is -0.396 e. The van der Waals surface area contributed by atoms with Crippen molar-refractivity contribution in [1.82, 2.24) is 0 Å². The zero-order valence-corrected chi connectivity index (χ0v) is 8.55. The fourth-order valence-corrected chi connectivity index (χ4v) is 1.63. The Kier molecular flexibility index (Phi) is 3.24. The first-order valence-electron chi connectivity index (χ1n) is 4.64. The van der Waals surface area contributed by atoms with E-state index in [1.165, 1.54) is 12.1 Å². The molecule has 0 fully saturated rings. The summed E-state index contributed by atoms with van der Waals surface area (Å²) in [5.74, 6) is -0.258. The Balaban J connectivity index is 3.06. The standard InChI is InChI=1S/C11H16FNO/c1-8-7-9(12)3-4-10(8)11(2,13)5-6-14/h3-4,7,14H,5-6,13H2,1-2H3/t11-/m0/s1. The molecule has 14 heavy (non-hydrogen) atoms. The third-order valence-electron chi connectivity index (χ3n) is 2.43. The van der Waals surface area contributed by atoms with Gasteiger partial charge >= 0.3 is 0 Å². The lowest BCUT2D eigenvalue weighted by Crippen LogP contribution is -2.34. The highest BCUT2D eigenvalue weighted by Crippen LogP contribution is 2.24. The number of rotatable bonds is 3. The molecule has 0 saturated heterocycles. The molecule has 1 atom stereocenters. The van der Waals surface area contributed by atoms with Crippen molar-refractivity contribution < 1.29 is 9.50 Å². The van der Waals surface area contributed by atoms with E-state index in [0.29, 0.717) is 6.42 Å². The van der Waals surface area contributed by atoms with Gasteiger partial charge in [-0.2, -0.15) is 0 Å². The molecule has 0 amide bonds. The summed E-state index contributed by atoms with van der Waals surface area (Å²) in [5, 5.41) is 8.85. The van der Waals surface area contributed by atoms with Crippen LogP contribution < -0.4 is 5.73 Å². The summed E-state index contributed by atoms with van der Waals surface area (Å²) < 4.78 is 12.8. The molecule has 3 N–H and O–H groups in total. The molecule has 0 aromatic heterocycles. The van der Waals surface area contributed by atoms with Gasteiger partial charge in [0.1, 0.15) is 5.82 Å². The first-order valence-corrected chi connectivity index (χ1v) is 4.64. The Morgan fingerprint density at radius 1 is 1.50 bits per heavy atom. The third kappa shape index (κ3) is 2.30. The van der Waals surface area contributed by atoms with Gasteiger partial charge in [-0.1, -0.05) is 6.07 Å². The van der Waals surface area contributed by atoms with E-state index in [0.717, 1.165) is 11.1 Å². The lowest BCUT2D eigenvalue weighted by Gasteiger charge is -2.26. The van der Waals surface area contributed by atoms with E-state index >= 15 is 0 Å². The van der Waals surface area contributed by atoms with Gasteiger partial charge in [0.2, 0.25) is 0 Å². The Hall–Kier alpha value is -0.930. The number of aliphatic hydroxyl groups is 1. The molecule has 78 valence electrons. The van der Waals surface area contributed by atoms with Crippen LogP contribution in [0.5, 0.6) is 0 Å². The van der Waals surface area contributed by atoms with E-state index < -0.39 is 5.54 Å². The summed E-state index contributed by atoms with van der Waals surface area (Å²) in [6, 6.07) is 4.53. The molecular weight excluding hydrogens is 181 g/mol. The second-order valence-electron chi connectivity index (χ2n) is 3.85. The van der Waals surface area contributed by atoms with E-state index in [9.17, 15) is 4.39 Å². The van der Waals surface area contributed by atoms with Crippen molar-refractivity contribution in [2.75, 3.05) is 6.61 Å². The van der Waals surface area contributed by atoms with Gasteiger partial charge < -0.3 is 10.8 Å². The molecule has 0 heterocycles. The molecule has 2 nitrogen and oxygen atoms in total. The van der Waals surface area contributed by atoms with E-state index in [2.05, 4.69) is 0 Å². The molecule has 0 radical (unpaired) electrons. The zero-order valence-electron chi connectivity index (χ0n) is 8.55. The van der Waals surface area contributed by atoms with Crippen LogP contribution in [0.15, 0.2) is 18.2 Å².